The topological polar surface area (TPSA) is 17.8 Å². The van der Waals surface area contributed by atoms with E-state index in [0.29, 0.717) is 0 Å². The van der Waals surface area contributed by atoms with Crippen LogP contribution in [-0.4, -0.2) is 15.3 Å². The highest BCUT2D eigenvalue weighted by Gasteiger charge is 2.09. The van der Waals surface area contributed by atoms with E-state index in [2.05, 4.69) is 59.8 Å². The van der Waals surface area contributed by atoms with Gasteiger partial charge in [-0.25, -0.2) is 4.98 Å². The molecule has 0 aliphatic rings. The molecule has 0 atom stereocenters. The highest BCUT2D eigenvalue weighted by atomic mass is 32.1. The number of aromatic nitrogens is 2. The first-order valence-electron chi connectivity index (χ1n) is 7.13. The fourth-order valence-electron chi connectivity index (χ4n) is 2.42. The highest BCUT2D eigenvalue weighted by molar-refractivity contribution is 7.80. The minimum atomic E-state index is 0.812. The number of rotatable bonds is 5. The Balaban J connectivity index is 1.93. The number of benzene rings is 2. The van der Waals surface area contributed by atoms with E-state index >= 15 is 0 Å². The molecule has 2 aromatic carbocycles. The van der Waals surface area contributed by atoms with E-state index in [-0.39, 0.29) is 0 Å². The van der Waals surface area contributed by atoms with Crippen LogP contribution in [0.2, 0.25) is 0 Å². The van der Waals surface area contributed by atoms with Crippen molar-refractivity contribution in [3.05, 3.63) is 78.2 Å². The quantitative estimate of drug-likeness (QED) is 0.702. The van der Waals surface area contributed by atoms with Crippen LogP contribution in [0.3, 0.4) is 0 Å². The molecule has 2 nitrogen and oxygen atoms in total. The van der Waals surface area contributed by atoms with E-state index in [1.54, 1.807) is 0 Å². The predicted molar refractivity (Wildman–Crippen MR) is 90.8 cm³/mol. The predicted octanol–water partition coefficient (Wildman–Crippen LogP) is 4.07. The van der Waals surface area contributed by atoms with Crippen LogP contribution >= 0.6 is 12.6 Å². The number of hydrogen-bond donors (Lipinski definition) is 1. The number of aryl methyl sites for hydroxylation is 1. The molecule has 1 aromatic heterocycles. The molecule has 1 heterocycles. The van der Waals surface area contributed by atoms with E-state index in [1.807, 2.05) is 24.3 Å². The van der Waals surface area contributed by atoms with E-state index < -0.39 is 0 Å². The van der Waals surface area contributed by atoms with Gasteiger partial charge in [-0.1, -0.05) is 60.7 Å². The maximum Gasteiger partial charge on any atom is 0.113 e. The fraction of sp³-hybridized carbons (Fsp3) is 0.167. The average Bonchev–Trinajstić information content (AvgIpc) is 2.93. The Hall–Kier alpha value is -2.00. The summed E-state index contributed by atoms with van der Waals surface area (Å²) in [6.07, 6.45) is 2.98. The summed E-state index contributed by atoms with van der Waals surface area (Å²) in [7, 11) is 0. The fourth-order valence-corrected chi connectivity index (χ4v) is 2.64. The average molecular weight is 294 g/mol. The van der Waals surface area contributed by atoms with E-state index in [9.17, 15) is 0 Å². The summed E-state index contributed by atoms with van der Waals surface area (Å²) in [5.41, 5.74) is 3.47. The van der Waals surface area contributed by atoms with Gasteiger partial charge in [0.15, 0.2) is 0 Å². The molecule has 3 rings (SSSR count). The third-order valence-corrected chi connectivity index (χ3v) is 3.67. The number of thiol groups is 1. The summed E-state index contributed by atoms with van der Waals surface area (Å²) >= 11 is 4.35. The number of imidazole rings is 1. The van der Waals surface area contributed by atoms with Crippen molar-refractivity contribution < 1.29 is 0 Å². The molecule has 0 spiro atoms. The molecule has 0 fully saturated rings. The van der Waals surface area contributed by atoms with Gasteiger partial charge in [-0.05, 0) is 5.56 Å². The van der Waals surface area contributed by atoms with Crippen molar-refractivity contribution in [2.75, 3.05) is 5.75 Å². The Morgan fingerprint density at radius 1 is 0.905 bits per heavy atom. The molecule has 0 bridgehead atoms. The molecular formula is C18H18N2S. The standard InChI is InChI=1S/C18H18N2S/c21-12-11-20-14-17(16-9-5-2-6-10-16)19-18(20)13-15-7-3-1-4-8-15/h1-10,14,21H,11-13H2. The van der Waals surface area contributed by atoms with Gasteiger partial charge in [-0.3, -0.25) is 0 Å². The van der Waals surface area contributed by atoms with Crippen molar-refractivity contribution in [1.29, 1.82) is 0 Å². The van der Waals surface area contributed by atoms with Crippen LogP contribution in [0.5, 0.6) is 0 Å². The Kier molecular flexibility index (Phi) is 4.41. The van der Waals surface area contributed by atoms with Gasteiger partial charge in [-0.15, -0.1) is 0 Å². The molecule has 3 heteroatoms. The zero-order chi connectivity index (χ0) is 14.5. The highest BCUT2D eigenvalue weighted by Crippen LogP contribution is 2.20. The molecule has 0 aliphatic carbocycles. The first kappa shape index (κ1) is 14.0. The van der Waals surface area contributed by atoms with Gasteiger partial charge in [0.05, 0.1) is 5.69 Å². The van der Waals surface area contributed by atoms with Gasteiger partial charge in [0.1, 0.15) is 5.82 Å². The minimum absolute atomic E-state index is 0.812. The summed E-state index contributed by atoms with van der Waals surface area (Å²) < 4.78 is 2.21. The van der Waals surface area contributed by atoms with Crippen LogP contribution in [0.1, 0.15) is 11.4 Å². The van der Waals surface area contributed by atoms with Crippen molar-refractivity contribution in [2.45, 2.75) is 13.0 Å². The number of nitrogens with zero attached hydrogens (tertiary/aromatic N) is 2. The second-order valence-electron chi connectivity index (χ2n) is 4.99. The SMILES string of the molecule is SCCn1cc(-c2ccccc2)nc1Cc1ccccc1. The van der Waals surface area contributed by atoms with E-state index in [0.717, 1.165) is 35.8 Å². The van der Waals surface area contributed by atoms with Crippen LogP contribution < -0.4 is 0 Å². The second kappa shape index (κ2) is 6.64. The lowest BCUT2D eigenvalue weighted by Gasteiger charge is -2.05. The normalized spacial score (nSPS) is 10.7. The molecule has 0 unspecified atom stereocenters. The summed E-state index contributed by atoms with van der Waals surface area (Å²) in [6, 6.07) is 20.8. The monoisotopic (exact) mass is 294 g/mol. The van der Waals surface area contributed by atoms with E-state index in [1.165, 1.54) is 5.56 Å². The van der Waals surface area contributed by atoms with Gasteiger partial charge in [0.2, 0.25) is 0 Å². The summed E-state index contributed by atoms with van der Waals surface area (Å²) in [6.45, 7) is 0.880. The lowest BCUT2D eigenvalue weighted by molar-refractivity contribution is 0.720. The maximum atomic E-state index is 4.82. The molecule has 0 radical (unpaired) electrons. The van der Waals surface area contributed by atoms with E-state index in [4.69, 9.17) is 4.98 Å². The largest absolute Gasteiger partial charge is 0.333 e. The van der Waals surface area contributed by atoms with Crippen molar-refractivity contribution in [1.82, 2.24) is 9.55 Å². The van der Waals surface area contributed by atoms with Crippen molar-refractivity contribution in [2.24, 2.45) is 0 Å². The molecule has 3 aromatic rings. The lowest BCUT2D eigenvalue weighted by Crippen LogP contribution is -2.04. The number of hydrogen-bond acceptors (Lipinski definition) is 2. The summed E-state index contributed by atoms with van der Waals surface area (Å²) in [5, 5.41) is 0. The molecule has 21 heavy (non-hydrogen) atoms. The smallest absolute Gasteiger partial charge is 0.113 e. The van der Waals surface area contributed by atoms with Gasteiger partial charge < -0.3 is 4.57 Å². The minimum Gasteiger partial charge on any atom is -0.333 e. The van der Waals surface area contributed by atoms with Crippen LogP contribution in [0.25, 0.3) is 11.3 Å². The van der Waals surface area contributed by atoms with Crippen molar-refractivity contribution in [3.8, 4) is 11.3 Å². The summed E-state index contributed by atoms with van der Waals surface area (Å²) in [4.78, 5) is 4.82. The molecule has 106 valence electrons. The molecule has 0 saturated heterocycles. The van der Waals surface area contributed by atoms with Crippen molar-refractivity contribution in [3.63, 3.8) is 0 Å². The van der Waals surface area contributed by atoms with Gasteiger partial charge in [-0.2, -0.15) is 12.6 Å². The molecule has 0 N–H and O–H groups in total. The van der Waals surface area contributed by atoms with Gasteiger partial charge in [0.25, 0.3) is 0 Å². The molecular weight excluding hydrogens is 276 g/mol. The zero-order valence-corrected chi connectivity index (χ0v) is 12.7. The van der Waals surface area contributed by atoms with Crippen LogP contribution in [-0.2, 0) is 13.0 Å². The van der Waals surface area contributed by atoms with Crippen molar-refractivity contribution >= 4 is 12.6 Å². The first-order chi connectivity index (χ1) is 10.4. The maximum absolute atomic E-state index is 4.82. The van der Waals surface area contributed by atoms with Gasteiger partial charge in [0, 0.05) is 30.5 Å². The molecule has 0 amide bonds. The Morgan fingerprint density at radius 2 is 1.57 bits per heavy atom. The zero-order valence-electron chi connectivity index (χ0n) is 11.8. The van der Waals surface area contributed by atoms with Gasteiger partial charge >= 0.3 is 0 Å². The van der Waals surface area contributed by atoms with Crippen LogP contribution in [0, 0.1) is 0 Å². The van der Waals surface area contributed by atoms with Crippen LogP contribution in [0.4, 0.5) is 0 Å². The Labute approximate surface area is 130 Å². The second-order valence-corrected chi connectivity index (χ2v) is 5.43. The molecule has 0 saturated carbocycles. The van der Waals surface area contributed by atoms with Crippen LogP contribution in [0.15, 0.2) is 66.9 Å². The lowest BCUT2D eigenvalue weighted by atomic mass is 10.1. The molecule has 0 aliphatic heterocycles. The third kappa shape index (κ3) is 3.37. The Morgan fingerprint density at radius 3 is 2.24 bits per heavy atom. The Bertz CT molecular complexity index is 690. The third-order valence-electron chi connectivity index (χ3n) is 3.47. The summed E-state index contributed by atoms with van der Waals surface area (Å²) in [5.74, 6) is 1.90. The first-order valence-corrected chi connectivity index (χ1v) is 7.76.